The minimum atomic E-state index is -4.65. The van der Waals surface area contributed by atoms with Gasteiger partial charge in [0.25, 0.3) is 5.56 Å². The van der Waals surface area contributed by atoms with Crippen molar-refractivity contribution in [3.05, 3.63) is 98.5 Å². The number of nitrogens with one attached hydrogen (secondary N) is 1. The van der Waals surface area contributed by atoms with Crippen LogP contribution < -0.4 is 16.6 Å². The summed E-state index contributed by atoms with van der Waals surface area (Å²) in [5.41, 5.74) is -1.53. The first-order chi connectivity index (χ1) is 21.2. The summed E-state index contributed by atoms with van der Waals surface area (Å²) in [5, 5.41) is 16.2. The monoisotopic (exact) mass is 622 g/mol. The maximum atomic E-state index is 14.0. The van der Waals surface area contributed by atoms with Gasteiger partial charge in [-0.15, -0.1) is 0 Å². The molecule has 236 valence electrons. The molecule has 45 heavy (non-hydrogen) atoms. The van der Waals surface area contributed by atoms with Crippen LogP contribution in [0.25, 0.3) is 22.6 Å². The molecule has 0 aliphatic heterocycles. The zero-order chi connectivity index (χ0) is 32.9. The van der Waals surface area contributed by atoms with Gasteiger partial charge in [-0.3, -0.25) is 13.9 Å². The van der Waals surface area contributed by atoms with Gasteiger partial charge in [-0.1, -0.05) is 6.07 Å². The molecule has 0 atom stereocenters. The first-order valence-electron chi connectivity index (χ1n) is 14.3. The molecular weight excluding hydrogens is 589 g/mol. The Hall–Kier alpha value is -5.12. The lowest BCUT2D eigenvalue weighted by Gasteiger charge is -2.20. The number of benzene rings is 2. The molecule has 0 spiro atoms. The molecule has 0 saturated carbocycles. The van der Waals surface area contributed by atoms with Gasteiger partial charge in [-0.2, -0.15) is 23.5 Å². The van der Waals surface area contributed by atoms with E-state index in [4.69, 9.17) is 10.00 Å². The lowest BCUT2D eigenvalue weighted by molar-refractivity contribution is -0.137. The zero-order valence-electron chi connectivity index (χ0n) is 25.3. The number of ether oxygens (including phenoxy) is 1. The Morgan fingerprint density at radius 1 is 1.00 bits per heavy atom. The smallest absolute Gasteiger partial charge is 0.416 e. The van der Waals surface area contributed by atoms with Crippen LogP contribution >= 0.6 is 0 Å². The molecule has 0 saturated heterocycles. The number of carbonyl (C=O) groups excluding carboxylic acids is 1. The third kappa shape index (κ3) is 7.70. The maximum Gasteiger partial charge on any atom is 0.416 e. The summed E-state index contributed by atoms with van der Waals surface area (Å²) >= 11 is 0. The number of rotatable bonds is 9. The van der Waals surface area contributed by atoms with E-state index < -0.39 is 34.7 Å². The molecule has 4 rings (SSSR count). The summed E-state index contributed by atoms with van der Waals surface area (Å²) in [4.78, 5) is 39.6. The van der Waals surface area contributed by atoms with Gasteiger partial charge in [-0.05, 0) is 95.5 Å². The van der Waals surface area contributed by atoms with Gasteiger partial charge < -0.3 is 10.1 Å². The molecule has 0 aliphatic carbocycles. The van der Waals surface area contributed by atoms with E-state index in [1.165, 1.54) is 29.9 Å². The molecule has 13 heteroatoms. The Balaban J connectivity index is 1.74. The number of nitrogens with zero attached hydrogens (tertiary/aromatic N) is 5. The molecule has 2 aromatic heterocycles. The quantitative estimate of drug-likeness (QED) is 0.237. The van der Waals surface area contributed by atoms with Crippen LogP contribution in [-0.2, 0) is 17.5 Å². The molecule has 1 amide bonds. The number of hydrogen-bond donors (Lipinski definition) is 1. The van der Waals surface area contributed by atoms with Crippen molar-refractivity contribution in [3.63, 3.8) is 0 Å². The third-order valence-corrected chi connectivity index (χ3v) is 6.88. The van der Waals surface area contributed by atoms with E-state index in [9.17, 15) is 27.6 Å². The third-order valence-electron chi connectivity index (χ3n) is 6.88. The highest BCUT2D eigenvalue weighted by molar-refractivity contribution is 5.67. The summed E-state index contributed by atoms with van der Waals surface area (Å²) in [6.45, 7) is 7.07. The summed E-state index contributed by atoms with van der Waals surface area (Å²) in [5.74, 6) is 0. The van der Waals surface area contributed by atoms with Crippen LogP contribution in [0.5, 0.6) is 0 Å². The Bertz CT molecular complexity index is 1840. The van der Waals surface area contributed by atoms with E-state index in [1.807, 2.05) is 6.07 Å². The van der Waals surface area contributed by atoms with Crippen LogP contribution in [0.4, 0.5) is 18.0 Å². The van der Waals surface area contributed by atoms with Crippen molar-refractivity contribution in [1.82, 2.24) is 24.2 Å². The van der Waals surface area contributed by atoms with Crippen molar-refractivity contribution >= 4 is 6.09 Å². The number of halogens is 3. The topological polar surface area (TPSA) is 124 Å². The van der Waals surface area contributed by atoms with Gasteiger partial charge in [0.1, 0.15) is 5.60 Å². The predicted octanol–water partition coefficient (Wildman–Crippen LogP) is 5.75. The molecule has 0 fully saturated rings. The van der Waals surface area contributed by atoms with Crippen LogP contribution in [0.3, 0.4) is 0 Å². The number of aromatic nitrogens is 4. The van der Waals surface area contributed by atoms with Crippen LogP contribution in [0.1, 0.15) is 56.9 Å². The number of hydrogen-bond acceptors (Lipinski definition) is 6. The molecule has 10 nitrogen and oxygen atoms in total. The fourth-order valence-corrected chi connectivity index (χ4v) is 4.82. The van der Waals surface area contributed by atoms with Crippen molar-refractivity contribution in [3.8, 4) is 28.7 Å². The van der Waals surface area contributed by atoms with Gasteiger partial charge in [-0.25, -0.2) is 14.3 Å². The minimum Gasteiger partial charge on any atom is -0.444 e. The van der Waals surface area contributed by atoms with Crippen molar-refractivity contribution in [2.24, 2.45) is 0 Å². The van der Waals surface area contributed by atoms with Gasteiger partial charge in [0, 0.05) is 18.8 Å². The Kier molecular flexibility index (Phi) is 9.66. The van der Waals surface area contributed by atoms with Gasteiger partial charge in [0.2, 0.25) is 0 Å². The number of alkyl halides is 3. The summed E-state index contributed by atoms with van der Waals surface area (Å²) < 4.78 is 49.6. The predicted molar refractivity (Wildman–Crippen MR) is 161 cm³/mol. The van der Waals surface area contributed by atoms with E-state index in [1.54, 1.807) is 51.1 Å². The number of alkyl carbamates (subject to hydrolysis) is 1. The fraction of sp³-hybridized carbons (Fsp3) is 0.344. The van der Waals surface area contributed by atoms with Crippen LogP contribution in [0, 0.1) is 18.3 Å². The van der Waals surface area contributed by atoms with Gasteiger partial charge >= 0.3 is 18.0 Å². The molecule has 0 aliphatic rings. The minimum absolute atomic E-state index is 0.0126. The highest BCUT2D eigenvalue weighted by Crippen LogP contribution is 2.31. The normalized spacial score (nSPS) is 11.7. The Labute approximate surface area is 257 Å². The van der Waals surface area contributed by atoms with Crippen LogP contribution in [0.15, 0.2) is 70.4 Å². The number of nitriles is 1. The lowest BCUT2D eigenvalue weighted by Crippen LogP contribution is -2.41. The second-order valence-corrected chi connectivity index (χ2v) is 11.4. The molecule has 2 heterocycles. The molecule has 0 unspecified atom stereocenters. The maximum absolute atomic E-state index is 14.0. The molecular formula is C32H33F3N6O4. The van der Waals surface area contributed by atoms with Crippen molar-refractivity contribution in [2.45, 2.75) is 65.3 Å². The standard InChI is InChI=1S/C32H33F3N6O4/c1-21-27(26-15-17-38-41(26)24-13-11-22(20-36)12-14-24)28(42)39(18-7-5-6-16-37-29(43)45-31(2,3)4)30(44)40(21)25-10-8-9-23(19-25)32(33,34)35/h8-15,17,19H,5-7,16,18H2,1-4H3,(H,37,43). The first-order valence-corrected chi connectivity index (χ1v) is 14.3. The molecule has 2 aromatic carbocycles. The highest BCUT2D eigenvalue weighted by Gasteiger charge is 2.31. The van der Waals surface area contributed by atoms with Gasteiger partial charge in [0.15, 0.2) is 0 Å². The SMILES string of the molecule is Cc1c(-c2ccnn2-c2ccc(C#N)cc2)c(=O)n(CCCCCNC(=O)OC(C)(C)C)c(=O)n1-c1cccc(C(F)(F)F)c1. The first kappa shape index (κ1) is 32.8. The van der Waals surface area contributed by atoms with E-state index in [2.05, 4.69) is 10.4 Å². The summed E-state index contributed by atoms with van der Waals surface area (Å²) in [6, 6.07) is 14.5. The Morgan fingerprint density at radius 2 is 1.71 bits per heavy atom. The fourth-order valence-electron chi connectivity index (χ4n) is 4.82. The van der Waals surface area contributed by atoms with E-state index in [0.29, 0.717) is 42.8 Å². The average Bonchev–Trinajstić information content (AvgIpc) is 3.44. The van der Waals surface area contributed by atoms with Gasteiger partial charge in [0.05, 0.1) is 46.0 Å². The average molecular weight is 623 g/mol. The zero-order valence-corrected chi connectivity index (χ0v) is 25.3. The van der Waals surface area contributed by atoms with E-state index in [0.717, 1.165) is 21.3 Å². The van der Waals surface area contributed by atoms with Crippen molar-refractivity contribution < 1.29 is 22.7 Å². The van der Waals surface area contributed by atoms with Crippen molar-refractivity contribution in [1.29, 1.82) is 5.26 Å². The number of unbranched alkanes of at least 4 members (excludes halogenated alkanes) is 2. The number of amides is 1. The number of carbonyl (C=O) groups is 1. The summed E-state index contributed by atoms with van der Waals surface area (Å²) in [7, 11) is 0. The molecule has 0 radical (unpaired) electrons. The second kappa shape index (κ2) is 13.3. The second-order valence-electron chi connectivity index (χ2n) is 11.4. The Morgan fingerprint density at radius 3 is 2.36 bits per heavy atom. The largest absolute Gasteiger partial charge is 0.444 e. The lowest BCUT2D eigenvalue weighted by atomic mass is 10.1. The molecule has 0 bridgehead atoms. The van der Waals surface area contributed by atoms with E-state index in [-0.39, 0.29) is 23.5 Å². The van der Waals surface area contributed by atoms with E-state index >= 15 is 0 Å². The van der Waals surface area contributed by atoms with Crippen LogP contribution in [0.2, 0.25) is 0 Å². The van der Waals surface area contributed by atoms with Crippen LogP contribution in [-0.4, -0.2) is 37.2 Å². The van der Waals surface area contributed by atoms with Crippen molar-refractivity contribution in [2.75, 3.05) is 6.54 Å². The molecule has 4 aromatic rings. The molecule has 1 N–H and O–H groups in total. The summed E-state index contributed by atoms with van der Waals surface area (Å²) in [6.07, 6.45) is -2.27. The highest BCUT2D eigenvalue weighted by atomic mass is 19.4.